The summed E-state index contributed by atoms with van der Waals surface area (Å²) in [6.45, 7) is 2.14. The number of benzene rings is 1. The first kappa shape index (κ1) is 13.7. The van der Waals surface area contributed by atoms with Crippen LogP contribution in [-0.2, 0) is 14.3 Å². The molecule has 4 heteroatoms. The highest BCUT2D eigenvalue weighted by Gasteiger charge is 2.45. The van der Waals surface area contributed by atoms with E-state index >= 15 is 0 Å². The Bertz CT molecular complexity index is 441. The topological polar surface area (TPSA) is 55.9 Å². The third-order valence-corrected chi connectivity index (χ3v) is 3.09. The van der Waals surface area contributed by atoms with Crippen molar-refractivity contribution in [1.82, 2.24) is 0 Å². The molecule has 0 radical (unpaired) electrons. The number of Topliss-reactive ketones (excluding diaryl/α,β-unsaturated/α-hetero) is 1. The van der Waals surface area contributed by atoms with E-state index in [1.54, 1.807) is 6.92 Å². The minimum absolute atomic E-state index is 0.0670. The van der Waals surface area contributed by atoms with Gasteiger partial charge in [0.15, 0.2) is 11.9 Å². The molecule has 0 saturated carbocycles. The monoisotopic (exact) mass is 262 g/mol. The Morgan fingerprint density at radius 1 is 1.26 bits per heavy atom. The summed E-state index contributed by atoms with van der Waals surface area (Å²) in [5, 5.41) is 0. The third-order valence-electron chi connectivity index (χ3n) is 3.09. The quantitative estimate of drug-likeness (QED) is 0.430. The van der Waals surface area contributed by atoms with Crippen molar-refractivity contribution in [2.24, 2.45) is 0 Å². The maximum atomic E-state index is 11.8. The van der Waals surface area contributed by atoms with E-state index < -0.39 is 6.10 Å². The van der Waals surface area contributed by atoms with Crippen molar-refractivity contribution in [3.8, 4) is 0 Å². The van der Waals surface area contributed by atoms with Gasteiger partial charge in [-0.3, -0.25) is 4.79 Å². The van der Waals surface area contributed by atoms with Gasteiger partial charge in [-0.05, 0) is 19.8 Å². The molecule has 1 aliphatic rings. The number of esters is 1. The Balaban J connectivity index is 1.66. The molecule has 4 nitrogen and oxygen atoms in total. The highest BCUT2D eigenvalue weighted by atomic mass is 16.6. The van der Waals surface area contributed by atoms with E-state index in [2.05, 4.69) is 0 Å². The van der Waals surface area contributed by atoms with Crippen molar-refractivity contribution in [2.75, 3.05) is 6.61 Å². The van der Waals surface area contributed by atoms with E-state index in [0.717, 1.165) is 18.4 Å². The maximum Gasteiger partial charge on any atom is 0.337 e. The molecule has 0 aliphatic carbocycles. The van der Waals surface area contributed by atoms with Gasteiger partial charge < -0.3 is 9.47 Å². The zero-order valence-electron chi connectivity index (χ0n) is 11.0. The van der Waals surface area contributed by atoms with Gasteiger partial charge in [-0.2, -0.15) is 0 Å². The maximum absolute atomic E-state index is 11.8. The second kappa shape index (κ2) is 6.48. The molecular formula is C15H18O4. The van der Waals surface area contributed by atoms with Crippen molar-refractivity contribution in [1.29, 1.82) is 0 Å². The van der Waals surface area contributed by atoms with Crippen molar-refractivity contribution >= 4 is 11.8 Å². The van der Waals surface area contributed by atoms with Crippen LogP contribution in [0.25, 0.3) is 0 Å². The molecule has 102 valence electrons. The Labute approximate surface area is 112 Å². The lowest BCUT2D eigenvalue weighted by molar-refractivity contribution is -0.144. The van der Waals surface area contributed by atoms with Gasteiger partial charge in [-0.15, -0.1) is 0 Å². The lowest BCUT2D eigenvalue weighted by Crippen LogP contribution is -2.13. The van der Waals surface area contributed by atoms with E-state index in [-0.39, 0.29) is 17.9 Å². The number of carbonyl (C=O) groups excluding carboxylic acids is 2. The van der Waals surface area contributed by atoms with Gasteiger partial charge in [0.05, 0.1) is 12.7 Å². The predicted molar refractivity (Wildman–Crippen MR) is 69.9 cm³/mol. The van der Waals surface area contributed by atoms with Gasteiger partial charge in [0.2, 0.25) is 0 Å². The number of hydrogen-bond donors (Lipinski definition) is 0. The van der Waals surface area contributed by atoms with Crippen LogP contribution >= 0.6 is 0 Å². The standard InChI is InChI=1S/C15H18O4/c1-2-18-15(17)14-13(19-14)10-6-9-12(16)11-7-4-3-5-8-11/h3-5,7-8,13-14H,2,6,9-10H2,1H3/t13-,14+/m0/s1. The molecule has 2 atom stereocenters. The molecule has 19 heavy (non-hydrogen) atoms. The first-order valence-electron chi connectivity index (χ1n) is 6.62. The molecule has 0 amide bonds. The molecule has 1 aromatic rings. The number of epoxide rings is 1. The minimum atomic E-state index is -0.410. The van der Waals surface area contributed by atoms with E-state index in [9.17, 15) is 9.59 Å². The summed E-state index contributed by atoms with van der Waals surface area (Å²) in [6.07, 6.45) is 1.46. The summed E-state index contributed by atoms with van der Waals surface area (Å²) in [5.41, 5.74) is 0.737. The minimum Gasteiger partial charge on any atom is -0.464 e. The molecule has 0 bridgehead atoms. The average molecular weight is 262 g/mol. The lowest BCUT2D eigenvalue weighted by atomic mass is 10.0. The molecular weight excluding hydrogens is 244 g/mol. The molecule has 1 aromatic carbocycles. The third kappa shape index (κ3) is 3.89. The van der Waals surface area contributed by atoms with Crippen molar-refractivity contribution in [3.63, 3.8) is 0 Å². The molecule has 1 saturated heterocycles. The number of hydrogen-bond acceptors (Lipinski definition) is 4. The van der Waals surface area contributed by atoms with Crippen LogP contribution in [0, 0.1) is 0 Å². The molecule has 1 fully saturated rings. The van der Waals surface area contributed by atoms with Crippen LogP contribution in [0.5, 0.6) is 0 Å². The first-order chi connectivity index (χ1) is 9.22. The molecule has 0 spiro atoms. The number of carbonyl (C=O) groups is 2. The van der Waals surface area contributed by atoms with Gasteiger partial charge in [0.1, 0.15) is 0 Å². The van der Waals surface area contributed by atoms with E-state index in [0.29, 0.717) is 13.0 Å². The number of ether oxygens (including phenoxy) is 2. The Morgan fingerprint density at radius 3 is 2.68 bits per heavy atom. The van der Waals surface area contributed by atoms with Crippen LogP contribution in [0.4, 0.5) is 0 Å². The molecule has 0 N–H and O–H groups in total. The van der Waals surface area contributed by atoms with Crippen LogP contribution in [-0.4, -0.2) is 30.6 Å². The summed E-state index contributed by atoms with van der Waals surface area (Å²) < 4.78 is 10.1. The summed E-state index contributed by atoms with van der Waals surface area (Å²) in [4.78, 5) is 23.2. The van der Waals surface area contributed by atoms with Crippen LogP contribution in [0.3, 0.4) is 0 Å². The fourth-order valence-corrected chi connectivity index (χ4v) is 2.03. The van der Waals surface area contributed by atoms with Crippen LogP contribution in [0.15, 0.2) is 30.3 Å². The molecule has 1 aliphatic heterocycles. The first-order valence-corrected chi connectivity index (χ1v) is 6.62. The highest BCUT2D eigenvalue weighted by Crippen LogP contribution is 2.28. The van der Waals surface area contributed by atoms with Crippen LogP contribution in [0.1, 0.15) is 36.5 Å². The summed E-state index contributed by atoms with van der Waals surface area (Å²) in [6, 6.07) is 9.23. The summed E-state index contributed by atoms with van der Waals surface area (Å²) in [7, 11) is 0. The Kier molecular flexibility index (Phi) is 4.68. The Morgan fingerprint density at radius 2 is 2.00 bits per heavy atom. The fourth-order valence-electron chi connectivity index (χ4n) is 2.03. The van der Waals surface area contributed by atoms with Crippen molar-refractivity contribution in [2.45, 2.75) is 38.4 Å². The molecule has 0 unspecified atom stereocenters. The van der Waals surface area contributed by atoms with Gasteiger partial charge in [-0.1, -0.05) is 30.3 Å². The van der Waals surface area contributed by atoms with Crippen molar-refractivity contribution < 1.29 is 19.1 Å². The SMILES string of the molecule is CCOC(=O)[C@@H]1O[C@H]1CCCC(=O)c1ccccc1. The van der Waals surface area contributed by atoms with Crippen molar-refractivity contribution in [3.05, 3.63) is 35.9 Å². The second-order valence-electron chi connectivity index (χ2n) is 4.53. The second-order valence-corrected chi connectivity index (χ2v) is 4.53. The van der Waals surface area contributed by atoms with Gasteiger partial charge in [0, 0.05) is 12.0 Å². The van der Waals surface area contributed by atoms with E-state index in [1.807, 2.05) is 30.3 Å². The summed E-state index contributed by atoms with van der Waals surface area (Å²) in [5.74, 6) is -0.157. The average Bonchev–Trinajstić information content (AvgIpc) is 3.19. The largest absolute Gasteiger partial charge is 0.464 e. The zero-order chi connectivity index (χ0) is 13.7. The number of rotatable bonds is 7. The van der Waals surface area contributed by atoms with E-state index in [4.69, 9.17) is 9.47 Å². The normalized spacial score (nSPS) is 20.9. The van der Waals surface area contributed by atoms with Gasteiger partial charge >= 0.3 is 5.97 Å². The molecule has 1 heterocycles. The number of ketones is 1. The molecule has 0 aromatic heterocycles. The fraction of sp³-hybridized carbons (Fsp3) is 0.467. The van der Waals surface area contributed by atoms with Crippen LogP contribution < -0.4 is 0 Å². The van der Waals surface area contributed by atoms with E-state index in [1.165, 1.54) is 0 Å². The lowest BCUT2D eigenvalue weighted by Gasteiger charge is -2.00. The molecule has 2 rings (SSSR count). The summed E-state index contributed by atoms with van der Waals surface area (Å²) >= 11 is 0. The zero-order valence-corrected chi connectivity index (χ0v) is 11.0. The smallest absolute Gasteiger partial charge is 0.337 e. The van der Waals surface area contributed by atoms with Gasteiger partial charge in [0.25, 0.3) is 0 Å². The van der Waals surface area contributed by atoms with Crippen LogP contribution in [0.2, 0.25) is 0 Å². The predicted octanol–water partition coefficient (Wildman–Crippen LogP) is 2.37. The highest BCUT2D eigenvalue weighted by molar-refractivity contribution is 5.95. The Hall–Kier alpha value is -1.68. The van der Waals surface area contributed by atoms with Gasteiger partial charge in [-0.25, -0.2) is 4.79 Å².